The average molecular weight is 575 g/mol. The van der Waals surface area contributed by atoms with Crippen LogP contribution in [0.25, 0.3) is 5.57 Å². The van der Waals surface area contributed by atoms with E-state index in [0.717, 1.165) is 33.5 Å². The monoisotopic (exact) mass is 570 g/mol. The van der Waals surface area contributed by atoms with E-state index in [2.05, 4.69) is 97.8 Å². The van der Waals surface area contributed by atoms with Gasteiger partial charge in [-0.05, 0) is 96.8 Å². The molecular formula is C14H7Br5. The minimum Gasteiger partial charge on any atom is -0.0622 e. The Hall–Kier alpha value is 0.580. The van der Waals surface area contributed by atoms with Gasteiger partial charge in [0.2, 0.25) is 0 Å². The Morgan fingerprint density at radius 2 is 1.37 bits per heavy atom. The highest BCUT2D eigenvalue weighted by molar-refractivity contribution is 9.28. The number of benzene rings is 2. The first-order chi connectivity index (χ1) is 9.02. The zero-order valence-electron chi connectivity index (χ0n) is 9.43. The van der Waals surface area contributed by atoms with Crippen LogP contribution in [0.2, 0.25) is 0 Å². The van der Waals surface area contributed by atoms with Crippen molar-refractivity contribution in [1.29, 1.82) is 0 Å². The lowest BCUT2D eigenvalue weighted by Gasteiger charge is -2.13. The summed E-state index contributed by atoms with van der Waals surface area (Å²) in [6.07, 6.45) is 0. The van der Waals surface area contributed by atoms with Crippen LogP contribution in [0.1, 0.15) is 11.1 Å². The lowest BCUT2D eigenvalue weighted by atomic mass is 10.00. The summed E-state index contributed by atoms with van der Waals surface area (Å²) in [6, 6.07) is 14.3. The van der Waals surface area contributed by atoms with Crippen LogP contribution >= 0.6 is 79.6 Å². The molecule has 19 heavy (non-hydrogen) atoms. The van der Waals surface area contributed by atoms with Gasteiger partial charge in [-0.3, -0.25) is 0 Å². The van der Waals surface area contributed by atoms with Gasteiger partial charge >= 0.3 is 0 Å². The van der Waals surface area contributed by atoms with Crippen LogP contribution in [0.3, 0.4) is 0 Å². The Bertz CT molecular complexity index is 628. The summed E-state index contributed by atoms with van der Waals surface area (Å²) in [7, 11) is 0. The maximum atomic E-state index is 3.64. The molecule has 0 aromatic heterocycles. The van der Waals surface area contributed by atoms with Crippen molar-refractivity contribution in [3.8, 4) is 0 Å². The van der Waals surface area contributed by atoms with Crippen LogP contribution in [0, 0.1) is 0 Å². The lowest BCUT2D eigenvalue weighted by Crippen LogP contribution is -1.91. The van der Waals surface area contributed by atoms with Crippen molar-refractivity contribution in [3.05, 3.63) is 70.4 Å². The normalized spacial score (nSPS) is 10.4. The second kappa shape index (κ2) is 7.03. The predicted octanol–water partition coefficient (Wildman–Crippen LogP) is 7.48. The van der Waals surface area contributed by atoms with E-state index in [1.165, 1.54) is 0 Å². The molecule has 98 valence electrons. The summed E-state index contributed by atoms with van der Waals surface area (Å²) in [5, 5.41) is 0. The molecule has 0 aliphatic carbocycles. The van der Waals surface area contributed by atoms with Crippen LogP contribution in [0.15, 0.2) is 59.3 Å². The van der Waals surface area contributed by atoms with Crippen LogP contribution < -0.4 is 0 Å². The smallest absolute Gasteiger partial charge is 0.0622 e. The highest BCUT2D eigenvalue weighted by Gasteiger charge is 2.15. The van der Waals surface area contributed by atoms with E-state index >= 15 is 0 Å². The summed E-state index contributed by atoms with van der Waals surface area (Å²) >= 11 is 17.8. The molecule has 0 bridgehead atoms. The fourth-order valence-corrected chi connectivity index (χ4v) is 4.06. The van der Waals surface area contributed by atoms with E-state index in [9.17, 15) is 0 Å². The van der Waals surface area contributed by atoms with E-state index in [1.807, 2.05) is 24.3 Å². The zero-order valence-corrected chi connectivity index (χ0v) is 17.4. The number of hydrogen-bond acceptors (Lipinski definition) is 0. The second-order valence-corrected chi connectivity index (χ2v) is 8.81. The van der Waals surface area contributed by atoms with Gasteiger partial charge in [-0.2, -0.15) is 0 Å². The molecule has 0 radical (unpaired) electrons. The molecule has 0 saturated heterocycles. The molecule has 5 heteroatoms. The third-order valence-electron chi connectivity index (χ3n) is 2.56. The largest absolute Gasteiger partial charge is 0.0688 e. The fraction of sp³-hybridized carbons (Fsp3) is 0. The van der Waals surface area contributed by atoms with Crippen molar-refractivity contribution >= 4 is 85.2 Å². The molecule has 0 nitrogen and oxygen atoms in total. The van der Waals surface area contributed by atoms with Crippen molar-refractivity contribution < 1.29 is 0 Å². The van der Waals surface area contributed by atoms with Crippen LogP contribution in [-0.4, -0.2) is 0 Å². The van der Waals surface area contributed by atoms with Crippen molar-refractivity contribution in [2.75, 3.05) is 0 Å². The van der Waals surface area contributed by atoms with Crippen molar-refractivity contribution in [1.82, 2.24) is 0 Å². The third kappa shape index (κ3) is 3.62. The molecule has 0 fully saturated rings. The Balaban J connectivity index is 2.67. The SMILES string of the molecule is BrC(Br)=C(c1ccccc1)c1ccc(Br)c(Br)c1Br. The van der Waals surface area contributed by atoms with Crippen LogP contribution in [-0.2, 0) is 0 Å². The van der Waals surface area contributed by atoms with Gasteiger partial charge in [0.25, 0.3) is 0 Å². The summed E-state index contributed by atoms with van der Waals surface area (Å²) < 4.78 is 3.94. The molecule has 0 atom stereocenters. The maximum absolute atomic E-state index is 3.64. The van der Waals surface area contributed by atoms with Gasteiger partial charge in [0.05, 0.1) is 3.39 Å². The predicted molar refractivity (Wildman–Crippen MR) is 99.9 cm³/mol. The summed E-state index contributed by atoms with van der Waals surface area (Å²) in [4.78, 5) is 0. The van der Waals surface area contributed by atoms with E-state index < -0.39 is 0 Å². The first-order valence-corrected chi connectivity index (χ1v) is 9.23. The highest BCUT2D eigenvalue weighted by atomic mass is 79.9. The first-order valence-electron chi connectivity index (χ1n) is 5.27. The topological polar surface area (TPSA) is 0 Å². The van der Waals surface area contributed by atoms with Gasteiger partial charge in [-0.25, -0.2) is 0 Å². The fourth-order valence-electron chi connectivity index (χ4n) is 1.69. The minimum absolute atomic E-state index is 0.918. The minimum atomic E-state index is 0.918. The third-order valence-corrected chi connectivity index (χ3v) is 6.72. The van der Waals surface area contributed by atoms with E-state index in [0.29, 0.717) is 0 Å². The number of hydrogen-bond donors (Lipinski definition) is 0. The molecule has 0 unspecified atom stereocenters. The Morgan fingerprint density at radius 1 is 0.737 bits per heavy atom. The number of rotatable bonds is 2. The van der Waals surface area contributed by atoms with E-state index in [-0.39, 0.29) is 0 Å². The number of halogens is 5. The van der Waals surface area contributed by atoms with Gasteiger partial charge < -0.3 is 0 Å². The van der Waals surface area contributed by atoms with Gasteiger partial charge in [0.15, 0.2) is 0 Å². The zero-order chi connectivity index (χ0) is 14.0. The van der Waals surface area contributed by atoms with Crippen LogP contribution in [0.5, 0.6) is 0 Å². The molecule has 2 rings (SSSR count). The van der Waals surface area contributed by atoms with Crippen molar-refractivity contribution in [2.24, 2.45) is 0 Å². The molecule has 0 aliphatic rings. The molecule has 2 aromatic carbocycles. The molecule has 0 amide bonds. The Kier molecular flexibility index (Phi) is 5.90. The van der Waals surface area contributed by atoms with E-state index in [4.69, 9.17) is 0 Å². The molecule has 0 heterocycles. The highest BCUT2D eigenvalue weighted by Crippen LogP contribution is 2.41. The maximum Gasteiger partial charge on any atom is 0.0688 e. The van der Waals surface area contributed by atoms with Gasteiger partial charge in [-0.1, -0.05) is 36.4 Å². The molecule has 2 aromatic rings. The van der Waals surface area contributed by atoms with Crippen molar-refractivity contribution in [2.45, 2.75) is 0 Å². The van der Waals surface area contributed by atoms with Gasteiger partial charge in [-0.15, -0.1) is 0 Å². The Morgan fingerprint density at radius 3 is 1.95 bits per heavy atom. The summed E-state index contributed by atoms with van der Waals surface area (Å²) in [5.41, 5.74) is 3.34. The molecule has 0 N–H and O–H groups in total. The molecule has 0 spiro atoms. The summed E-state index contributed by atoms with van der Waals surface area (Å²) in [6.45, 7) is 0. The molecule has 0 saturated carbocycles. The van der Waals surface area contributed by atoms with Crippen LogP contribution in [0.4, 0.5) is 0 Å². The first kappa shape index (κ1) is 16.0. The summed E-state index contributed by atoms with van der Waals surface area (Å²) in [5.74, 6) is 0. The van der Waals surface area contributed by atoms with Gasteiger partial charge in [0.1, 0.15) is 0 Å². The molecule has 0 aliphatic heterocycles. The molecular weight excluding hydrogens is 568 g/mol. The van der Waals surface area contributed by atoms with Gasteiger partial charge in [0, 0.05) is 19.0 Å². The standard InChI is InChI=1S/C14H7Br5/c15-10-7-6-9(12(16)13(10)17)11(14(18)19)8-4-2-1-3-5-8/h1-7H. The lowest BCUT2D eigenvalue weighted by molar-refractivity contribution is 1.46. The van der Waals surface area contributed by atoms with Crippen molar-refractivity contribution in [3.63, 3.8) is 0 Å². The quantitative estimate of drug-likeness (QED) is 0.326. The average Bonchev–Trinajstić information content (AvgIpc) is 2.40. The second-order valence-electron chi connectivity index (χ2n) is 3.72. The van der Waals surface area contributed by atoms with E-state index in [1.54, 1.807) is 0 Å². The Labute approximate surface area is 154 Å².